The molecule has 3 rings (SSSR count). The smallest absolute Gasteiger partial charge is 0.290 e. The number of likely N-dealkylation sites (N-methyl/N-ethyl adjacent to an activating group) is 1. The van der Waals surface area contributed by atoms with Gasteiger partial charge >= 0.3 is 0 Å². The molecule has 0 spiro atoms. The Kier molecular flexibility index (Phi) is 6.52. The van der Waals surface area contributed by atoms with Crippen molar-refractivity contribution in [2.75, 3.05) is 27.2 Å². The summed E-state index contributed by atoms with van der Waals surface area (Å²) in [5, 5.41) is 11.0. The molecule has 0 fully saturated rings. The molecule has 1 amide bonds. The summed E-state index contributed by atoms with van der Waals surface area (Å²) in [6, 6.07) is 15.7. The first kappa shape index (κ1) is 20.8. The molecule has 6 heteroatoms. The van der Waals surface area contributed by atoms with Gasteiger partial charge in [0.05, 0.1) is 11.6 Å². The third-order valence-electron chi connectivity index (χ3n) is 4.75. The topological polar surface area (TPSA) is 60.9 Å². The molecule has 29 heavy (non-hydrogen) atoms. The molecule has 150 valence electrons. The fourth-order valence-electron chi connectivity index (χ4n) is 3.29. The lowest BCUT2D eigenvalue weighted by atomic mass is 9.95. The molecule has 0 saturated carbocycles. The molecule has 0 radical (unpaired) electrons. The van der Waals surface area contributed by atoms with Gasteiger partial charge < -0.3 is 14.9 Å². The van der Waals surface area contributed by atoms with Crippen LogP contribution in [0.3, 0.4) is 0 Å². The van der Waals surface area contributed by atoms with Crippen LogP contribution < -0.4 is 0 Å². The number of aliphatic hydroxyl groups is 1. The Morgan fingerprint density at radius 1 is 1.17 bits per heavy atom. The fraction of sp³-hybridized carbons (Fsp3) is 0.217. The zero-order valence-electron chi connectivity index (χ0n) is 16.4. The van der Waals surface area contributed by atoms with Crippen molar-refractivity contribution in [2.45, 2.75) is 6.04 Å². The zero-order valence-corrected chi connectivity index (χ0v) is 17.1. The molecule has 1 aliphatic rings. The predicted octanol–water partition coefficient (Wildman–Crippen LogP) is 3.88. The maximum Gasteiger partial charge on any atom is 0.290 e. The first-order chi connectivity index (χ1) is 13.9. The van der Waals surface area contributed by atoms with Crippen LogP contribution in [0.4, 0.5) is 0 Å². The Bertz CT molecular complexity index is 967. The number of hydrogen-bond donors (Lipinski definition) is 1. The van der Waals surface area contributed by atoms with Gasteiger partial charge in [0.1, 0.15) is 0 Å². The molecule has 1 heterocycles. The van der Waals surface area contributed by atoms with E-state index in [0.29, 0.717) is 23.7 Å². The number of halogens is 1. The molecule has 2 aromatic rings. The quantitative estimate of drug-likeness (QED) is 0.704. The number of aliphatic hydroxyl groups excluding tert-OH is 1. The Morgan fingerprint density at radius 3 is 2.55 bits per heavy atom. The van der Waals surface area contributed by atoms with Gasteiger partial charge in [-0.3, -0.25) is 9.59 Å². The number of rotatable bonds is 7. The summed E-state index contributed by atoms with van der Waals surface area (Å²) in [6.07, 6.45) is 3.06. The number of hydrogen-bond acceptors (Lipinski definition) is 4. The second kappa shape index (κ2) is 9.07. The lowest BCUT2D eigenvalue weighted by Crippen LogP contribution is -2.36. The van der Waals surface area contributed by atoms with Gasteiger partial charge in [-0.1, -0.05) is 60.1 Å². The van der Waals surface area contributed by atoms with Gasteiger partial charge in [0.2, 0.25) is 0 Å². The molecule has 0 aliphatic carbocycles. The van der Waals surface area contributed by atoms with Crippen LogP contribution >= 0.6 is 11.6 Å². The number of ketones is 1. The van der Waals surface area contributed by atoms with E-state index in [-0.39, 0.29) is 5.57 Å². The van der Waals surface area contributed by atoms with Gasteiger partial charge in [0.25, 0.3) is 5.91 Å². The highest BCUT2D eigenvalue weighted by Crippen LogP contribution is 2.38. The van der Waals surface area contributed by atoms with Crippen LogP contribution in [0.2, 0.25) is 5.02 Å². The Balaban J connectivity index is 1.98. The number of carbonyl (C=O) groups is 2. The summed E-state index contributed by atoms with van der Waals surface area (Å²) in [6.45, 7) is 0.962. The fourth-order valence-corrected chi connectivity index (χ4v) is 3.49. The SMILES string of the molecule is CN(C)CCN1C(=O)C(O)=C(C(=O)C=Cc2ccccc2)C1c1cccc(Cl)c1. The Hall–Kier alpha value is -2.89. The number of amides is 1. The van der Waals surface area contributed by atoms with E-state index in [9.17, 15) is 14.7 Å². The van der Waals surface area contributed by atoms with Gasteiger partial charge in [-0.25, -0.2) is 0 Å². The Labute approximate surface area is 175 Å². The van der Waals surface area contributed by atoms with Crippen LogP contribution in [0.15, 0.2) is 72.0 Å². The molecule has 5 nitrogen and oxygen atoms in total. The van der Waals surface area contributed by atoms with Crippen molar-refractivity contribution in [3.05, 3.63) is 88.2 Å². The van der Waals surface area contributed by atoms with Gasteiger partial charge in [-0.15, -0.1) is 0 Å². The van der Waals surface area contributed by atoms with E-state index in [1.165, 1.54) is 11.0 Å². The maximum atomic E-state index is 13.0. The highest BCUT2D eigenvalue weighted by Gasteiger charge is 2.42. The molecule has 1 unspecified atom stereocenters. The first-order valence-corrected chi connectivity index (χ1v) is 9.68. The lowest BCUT2D eigenvalue weighted by molar-refractivity contribution is -0.129. The third kappa shape index (κ3) is 4.75. The molecule has 1 atom stereocenters. The van der Waals surface area contributed by atoms with E-state index in [2.05, 4.69) is 0 Å². The molecule has 1 N–H and O–H groups in total. The van der Waals surface area contributed by atoms with E-state index in [4.69, 9.17) is 11.6 Å². The van der Waals surface area contributed by atoms with Crippen molar-refractivity contribution in [1.82, 2.24) is 9.80 Å². The standard InChI is InChI=1S/C23H23ClN2O3/c1-25(2)13-14-26-21(17-9-6-10-18(24)15-17)20(22(28)23(26)29)19(27)12-11-16-7-4-3-5-8-16/h3-12,15,21,28H,13-14H2,1-2H3. The zero-order chi connectivity index (χ0) is 21.0. The minimum atomic E-state index is -0.686. The lowest BCUT2D eigenvalue weighted by Gasteiger charge is -2.27. The number of carbonyl (C=O) groups excluding carboxylic acids is 2. The first-order valence-electron chi connectivity index (χ1n) is 9.30. The van der Waals surface area contributed by atoms with E-state index >= 15 is 0 Å². The number of benzene rings is 2. The predicted molar refractivity (Wildman–Crippen MR) is 115 cm³/mol. The third-order valence-corrected chi connectivity index (χ3v) is 4.98. The molecule has 0 bridgehead atoms. The molecule has 2 aromatic carbocycles. The van der Waals surface area contributed by atoms with Crippen molar-refractivity contribution in [2.24, 2.45) is 0 Å². The van der Waals surface area contributed by atoms with Crippen LogP contribution in [-0.4, -0.2) is 53.8 Å². The summed E-state index contributed by atoms with van der Waals surface area (Å²) in [4.78, 5) is 29.2. The van der Waals surface area contributed by atoms with Crippen LogP contribution in [0.5, 0.6) is 0 Å². The van der Waals surface area contributed by atoms with E-state index in [1.54, 1.807) is 30.3 Å². The summed E-state index contributed by atoms with van der Waals surface area (Å²) < 4.78 is 0. The maximum absolute atomic E-state index is 13.0. The largest absolute Gasteiger partial charge is 0.503 e. The van der Waals surface area contributed by atoms with Crippen LogP contribution in [-0.2, 0) is 9.59 Å². The Morgan fingerprint density at radius 2 is 1.90 bits per heavy atom. The van der Waals surface area contributed by atoms with Gasteiger partial charge in [0, 0.05) is 18.1 Å². The number of nitrogens with zero attached hydrogens (tertiary/aromatic N) is 2. The summed E-state index contributed by atoms with van der Waals surface area (Å²) in [5.74, 6) is -1.46. The van der Waals surface area contributed by atoms with Crippen molar-refractivity contribution in [1.29, 1.82) is 0 Å². The summed E-state index contributed by atoms with van der Waals surface area (Å²) in [7, 11) is 3.80. The van der Waals surface area contributed by atoms with Crippen molar-refractivity contribution in [3.8, 4) is 0 Å². The second-order valence-corrected chi connectivity index (χ2v) is 7.57. The van der Waals surface area contributed by atoms with Gasteiger partial charge in [0.15, 0.2) is 11.5 Å². The van der Waals surface area contributed by atoms with E-state index < -0.39 is 23.5 Å². The minimum absolute atomic E-state index is 0.0724. The highest BCUT2D eigenvalue weighted by molar-refractivity contribution is 6.30. The van der Waals surface area contributed by atoms with Crippen molar-refractivity contribution >= 4 is 29.4 Å². The minimum Gasteiger partial charge on any atom is -0.503 e. The average molecular weight is 411 g/mol. The molecular weight excluding hydrogens is 388 g/mol. The van der Waals surface area contributed by atoms with Crippen molar-refractivity contribution in [3.63, 3.8) is 0 Å². The molecular formula is C23H23ClN2O3. The van der Waals surface area contributed by atoms with Gasteiger partial charge in [-0.05, 0) is 43.4 Å². The summed E-state index contributed by atoms with van der Waals surface area (Å²) >= 11 is 6.15. The van der Waals surface area contributed by atoms with Crippen LogP contribution in [0, 0.1) is 0 Å². The average Bonchev–Trinajstić information content (AvgIpc) is 2.96. The van der Waals surface area contributed by atoms with Gasteiger partial charge in [-0.2, -0.15) is 0 Å². The number of allylic oxidation sites excluding steroid dienone is 1. The highest BCUT2D eigenvalue weighted by atomic mass is 35.5. The second-order valence-electron chi connectivity index (χ2n) is 7.13. The monoisotopic (exact) mass is 410 g/mol. The van der Waals surface area contributed by atoms with Crippen LogP contribution in [0.1, 0.15) is 17.2 Å². The molecule has 1 aliphatic heterocycles. The van der Waals surface area contributed by atoms with Crippen molar-refractivity contribution < 1.29 is 14.7 Å². The van der Waals surface area contributed by atoms with E-state index in [1.807, 2.05) is 49.3 Å². The normalized spacial score (nSPS) is 17.0. The van der Waals surface area contributed by atoms with E-state index in [0.717, 1.165) is 5.56 Å². The summed E-state index contributed by atoms with van der Waals surface area (Å²) in [5.41, 5.74) is 1.61. The molecule has 0 aromatic heterocycles. The van der Waals surface area contributed by atoms with Crippen LogP contribution in [0.25, 0.3) is 6.08 Å². The molecule has 0 saturated heterocycles.